The predicted octanol–water partition coefficient (Wildman–Crippen LogP) is 5.24. The monoisotopic (exact) mass is 342 g/mol. The molecule has 0 amide bonds. The van der Waals surface area contributed by atoms with E-state index in [-0.39, 0.29) is 0 Å². The van der Waals surface area contributed by atoms with Crippen molar-refractivity contribution >= 4 is 31.7 Å². The van der Waals surface area contributed by atoms with Crippen LogP contribution in [0.25, 0.3) is 0 Å². The zero-order valence-electron chi connectivity index (χ0n) is 15.1. The molecule has 1 aromatic rings. The summed E-state index contributed by atoms with van der Waals surface area (Å²) in [6, 6.07) is 5.55. The van der Waals surface area contributed by atoms with Gasteiger partial charge in [-0.25, -0.2) is 0 Å². The van der Waals surface area contributed by atoms with Gasteiger partial charge in [-0.2, -0.15) is 11.1 Å². The van der Waals surface area contributed by atoms with E-state index in [0.717, 1.165) is 11.8 Å². The Balaban J connectivity index is 3.54. The summed E-state index contributed by atoms with van der Waals surface area (Å²) in [5.41, 5.74) is 2.62. The van der Waals surface area contributed by atoms with Crippen LogP contribution in [-0.4, -0.2) is 22.6 Å². The smallest absolute Gasteiger partial charge is 0.154 e. The molecule has 0 atom stereocenters. The third kappa shape index (κ3) is 4.36. The third-order valence-electron chi connectivity index (χ3n) is 4.67. The van der Waals surface area contributed by atoms with Crippen molar-refractivity contribution < 1.29 is 4.74 Å². The molecule has 0 N–H and O–H groups in total. The Bertz CT molecular complexity index is 511. The lowest BCUT2D eigenvalue weighted by atomic mass is 10.1. The Morgan fingerprint density at radius 3 is 2.00 bits per heavy atom. The van der Waals surface area contributed by atoms with Crippen molar-refractivity contribution in [2.24, 2.45) is 0 Å². The molecule has 0 saturated carbocycles. The summed E-state index contributed by atoms with van der Waals surface area (Å²) >= 11 is 6.60. The molecule has 0 fully saturated rings. The number of methoxy groups -OCH3 is 1. The van der Waals surface area contributed by atoms with E-state index in [1.54, 1.807) is 7.11 Å². The standard InChI is InChI=1S/C17H31ClOSi2/c1-13-10-14(12-20(6,7)18)16(19-5)15(11-13)21(8,9)17(2,3)4/h10-11H,12H2,1-9H3. The Morgan fingerprint density at radius 2 is 1.62 bits per heavy atom. The summed E-state index contributed by atoms with van der Waals surface area (Å²) in [6.07, 6.45) is 0. The minimum Gasteiger partial charge on any atom is -0.497 e. The predicted molar refractivity (Wildman–Crippen MR) is 102 cm³/mol. The van der Waals surface area contributed by atoms with Gasteiger partial charge in [0.25, 0.3) is 0 Å². The Labute approximate surface area is 137 Å². The maximum Gasteiger partial charge on any atom is 0.154 e. The lowest BCUT2D eigenvalue weighted by Gasteiger charge is -2.39. The van der Waals surface area contributed by atoms with Gasteiger partial charge in [-0.05, 0) is 28.8 Å². The van der Waals surface area contributed by atoms with Gasteiger partial charge in [-0.1, -0.05) is 64.7 Å². The maximum absolute atomic E-state index is 6.60. The lowest BCUT2D eigenvalue weighted by molar-refractivity contribution is 0.414. The first kappa shape index (κ1) is 18.8. The van der Waals surface area contributed by atoms with Crippen LogP contribution in [0.3, 0.4) is 0 Å². The van der Waals surface area contributed by atoms with E-state index in [9.17, 15) is 0 Å². The summed E-state index contributed by atoms with van der Waals surface area (Å²) in [7, 11) is -1.53. The summed E-state index contributed by atoms with van der Waals surface area (Å²) in [4.78, 5) is 0. The summed E-state index contributed by atoms with van der Waals surface area (Å²) < 4.78 is 5.86. The van der Waals surface area contributed by atoms with Crippen molar-refractivity contribution in [1.82, 2.24) is 0 Å². The molecule has 120 valence electrons. The topological polar surface area (TPSA) is 9.23 Å². The highest BCUT2D eigenvalue weighted by Gasteiger charge is 2.39. The second-order valence-electron chi connectivity index (χ2n) is 8.28. The van der Waals surface area contributed by atoms with Crippen LogP contribution in [0.4, 0.5) is 0 Å². The number of rotatable bonds is 4. The minimum absolute atomic E-state index is 0.291. The van der Waals surface area contributed by atoms with E-state index in [2.05, 4.69) is 66.0 Å². The summed E-state index contributed by atoms with van der Waals surface area (Å²) in [6.45, 7) is 18.5. The highest BCUT2D eigenvalue weighted by Crippen LogP contribution is 2.38. The number of hydrogen-bond donors (Lipinski definition) is 0. The molecule has 0 aliphatic carbocycles. The Morgan fingerprint density at radius 1 is 1.10 bits per heavy atom. The number of halogens is 1. The van der Waals surface area contributed by atoms with Gasteiger partial charge in [-0.3, -0.25) is 0 Å². The molecule has 0 aliphatic rings. The zero-order chi connectivity index (χ0) is 16.6. The largest absolute Gasteiger partial charge is 0.497 e. The first-order valence-electron chi connectivity index (χ1n) is 7.66. The van der Waals surface area contributed by atoms with Crippen molar-refractivity contribution in [3.8, 4) is 5.75 Å². The summed E-state index contributed by atoms with van der Waals surface area (Å²) in [5, 5.41) is 1.72. The van der Waals surface area contributed by atoms with Gasteiger partial charge in [0.15, 0.2) is 7.38 Å². The summed E-state index contributed by atoms with van der Waals surface area (Å²) in [5.74, 6) is 1.09. The lowest BCUT2D eigenvalue weighted by Crippen LogP contribution is -2.50. The highest BCUT2D eigenvalue weighted by atomic mass is 35.6. The van der Waals surface area contributed by atoms with Crippen molar-refractivity contribution in [2.75, 3.05) is 7.11 Å². The fourth-order valence-corrected chi connectivity index (χ4v) is 6.37. The average Bonchev–Trinajstić information content (AvgIpc) is 2.24. The zero-order valence-corrected chi connectivity index (χ0v) is 17.9. The van der Waals surface area contributed by atoms with Gasteiger partial charge in [0.05, 0.1) is 15.2 Å². The van der Waals surface area contributed by atoms with Crippen LogP contribution in [0, 0.1) is 6.92 Å². The molecule has 0 heterocycles. The van der Waals surface area contributed by atoms with E-state index in [0.29, 0.717) is 5.04 Å². The van der Waals surface area contributed by atoms with E-state index in [1.165, 1.54) is 16.3 Å². The maximum atomic E-state index is 6.60. The molecule has 0 unspecified atom stereocenters. The fraction of sp³-hybridized carbons (Fsp3) is 0.647. The van der Waals surface area contributed by atoms with Gasteiger partial charge >= 0.3 is 0 Å². The van der Waals surface area contributed by atoms with Crippen molar-refractivity contribution in [2.45, 2.75) is 65.0 Å². The molecule has 21 heavy (non-hydrogen) atoms. The Hall–Kier alpha value is -0.256. The molecule has 4 heteroatoms. The van der Waals surface area contributed by atoms with Crippen LogP contribution in [0.15, 0.2) is 12.1 Å². The third-order valence-corrected chi connectivity index (χ3v) is 11.8. The van der Waals surface area contributed by atoms with Crippen molar-refractivity contribution in [3.05, 3.63) is 23.3 Å². The van der Waals surface area contributed by atoms with Gasteiger partial charge in [-0.15, -0.1) is 0 Å². The van der Waals surface area contributed by atoms with Crippen LogP contribution in [0.5, 0.6) is 5.75 Å². The number of ether oxygens (including phenoxy) is 1. The molecule has 1 nitrogen and oxygen atoms in total. The van der Waals surface area contributed by atoms with Gasteiger partial charge < -0.3 is 4.74 Å². The number of benzene rings is 1. The first-order valence-corrected chi connectivity index (χ1v) is 14.9. The number of hydrogen-bond acceptors (Lipinski definition) is 1. The second kappa shape index (κ2) is 6.09. The first-order chi connectivity index (χ1) is 9.29. The quantitative estimate of drug-likeness (QED) is 0.536. The molecule has 1 rings (SSSR count). The molecule has 0 spiro atoms. The van der Waals surface area contributed by atoms with E-state index in [1.807, 2.05) is 0 Å². The van der Waals surface area contributed by atoms with Crippen LogP contribution in [-0.2, 0) is 6.04 Å². The van der Waals surface area contributed by atoms with Crippen LogP contribution < -0.4 is 9.92 Å². The molecule has 0 aromatic heterocycles. The van der Waals surface area contributed by atoms with Gasteiger partial charge in [0, 0.05) is 0 Å². The van der Waals surface area contributed by atoms with Crippen LogP contribution in [0.2, 0.25) is 31.2 Å². The highest BCUT2D eigenvalue weighted by molar-refractivity contribution is 7.18. The Kier molecular flexibility index (Phi) is 5.45. The van der Waals surface area contributed by atoms with Gasteiger partial charge in [0.2, 0.25) is 0 Å². The van der Waals surface area contributed by atoms with Gasteiger partial charge in [0.1, 0.15) is 5.75 Å². The van der Waals surface area contributed by atoms with Crippen molar-refractivity contribution in [1.29, 1.82) is 0 Å². The molecule has 0 saturated heterocycles. The SMILES string of the molecule is COc1c(C[Si](C)(C)Cl)cc(C)cc1[Si](C)(C)C(C)(C)C. The molecular formula is C17H31ClOSi2. The molecular weight excluding hydrogens is 312 g/mol. The second-order valence-corrected chi connectivity index (χ2v) is 20.4. The van der Waals surface area contributed by atoms with E-state index in [4.69, 9.17) is 15.8 Å². The molecule has 0 aliphatic heterocycles. The minimum atomic E-state index is -1.69. The van der Waals surface area contributed by atoms with E-state index >= 15 is 0 Å². The number of aryl methyl sites for hydroxylation is 1. The van der Waals surface area contributed by atoms with Crippen LogP contribution >= 0.6 is 11.1 Å². The van der Waals surface area contributed by atoms with Crippen molar-refractivity contribution in [3.63, 3.8) is 0 Å². The fourth-order valence-electron chi connectivity index (χ4n) is 2.54. The molecule has 0 bridgehead atoms. The normalized spacial score (nSPS) is 13.4. The molecule has 1 aromatic carbocycles. The average molecular weight is 343 g/mol. The van der Waals surface area contributed by atoms with E-state index < -0.39 is 15.5 Å². The molecule has 0 radical (unpaired) electrons. The van der Waals surface area contributed by atoms with Crippen LogP contribution in [0.1, 0.15) is 31.9 Å².